The first-order valence-electron chi connectivity index (χ1n) is 10.3. The highest BCUT2D eigenvalue weighted by molar-refractivity contribution is 8.00. The van der Waals surface area contributed by atoms with Crippen LogP contribution in [0.15, 0.2) is 71.2 Å². The molecular formula is C24H24N4O3S2. The number of hydrogen-bond donors (Lipinski definition) is 1. The number of rotatable bonds is 9. The van der Waals surface area contributed by atoms with Crippen LogP contribution in [0, 0.1) is 0 Å². The van der Waals surface area contributed by atoms with E-state index in [4.69, 9.17) is 9.47 Å². The number of aromatic nitrogens is 3. The molecule has 170 valence electrons. The molecule has 4 rings (SSSR count). The minimum absolute atomic E-state index is 0.0805. The molecule has 1 atom stereocenters. The maximum atomic E-state index is 12.8. The number of carbonyl (C=O) groups excluding carboxylic acids is 1. The third-order valence-electron chi connectivity index (χ3n) is 4.98. The SMILES string of the molecule is COc1ccc(CNC(=O)[C@@H](C)Sc2nnc(-c3cccs3)n2-c2ccccc2OC)cc1. The average molecular weight is 481 g/mol. The Morgan fingerprint density at radius 2 is 1.85 bits per heavy atom. The predicted octanol–water partition coefficient (Wildman–Crippen LogP) is 4.81. The topological polar surface area (TPSA) is 78.3 Å². The minimum Gasteiger partial charge on any atom is -0.497 e. The van der Waals surface area contributed by atoms with Gasteiger partial charge in [0.05, 0.1) is 30.0 Å². The lowest BCUT2D eigenvalue weighted by Crippen LogP contribution is -2.30. The van der Waals surface area contributed by atoms with Gasteiger partial charge in [0.2, 0.25) is 5.91 Å². The maximum absolute atomic E-state index is 12.8. The summed E-state index contributed by atoms with van der Waals surface area (Å²) in [5, 5.41) is 14.1. The van der Waals surface area contributed by atoms with Crippen molar-refractivity contribution in [2.24, 2.45) is 0 Å². The van der Waals surface area contributed by atoms with Crippen molar-refractivity contribution >= 4 is 29.0 Å². The molecule has 1 N–H and O–H groups in total. The number of hydrogen-bond acceptors (Lipinski definition) is 7. The smallest absolute Gasteiger partial charge is 0.233 e. The van der Waals surface area contributed by atoms with Gasteiger partial charge in [-0.15, -0.1) is 21.5 Å². The van der Waals surface area contributed by atoms with Crippen LogP contribution >= 0.6 is 23.1 Å². The van der Waals surface area contributed by atoms with E-state index >= 15 is 0 Å². The highest BCUT2D eigenvalue weighted by Gasteiger charge is 2.23. The van der Waals surface area contributed by atoms with Gasteiger partial charge < -0.3 is 14.8 Å². The van der Waals surface area contributed by atoms with Gasteiger partial charge in [0.25, 0.3) is 0 Å². The second-order valence-electron chi connectivity index (χ2n) is 7.12. The molecule has 0 aliphatic rings. The van der Waals surface area contributed by atoms with Crippen LogP contribution < -0.4 is 14.8 Å². The lowest BCUT2D eigenvalue weighted by Gasteiger charge is -2.15. The zero-order valence-electron chi connectivity index (χ0n) is 18.5. The summed E-state index contributed by atoms with van der Waals surface area (Å²) in [6.45, 7) is 2.30. The average Bonchev–Trinajstić information content (AvgIpc) is 3.52. The summed E-state index contributed by atoms with van der Waals surface area (Å²) in [5.41, 5.74) is 1.82. The molecule has 2 aromatic heterocycles. The van der Waals surface area contributed by atoms with Crippen molar-refractivity contribution in [1.82, 2.24) is 20.1 Å². The third kappa shape index (κ3) is 5.20. The molecule has 0 fully saturated rings. The largest absolute Gasteiger partial charge is 0.497 e. The molecule has 0 aliphatic carbocycles. The fraction of sp³-hybridized carbons (Fsp3) is 0.208. The molecule has 0 spiro atoms. The van der Waals surface area contributed by atoms with Crippen LogP contribution in [-0.2, 0) is 11.3 Å². The first-order chi connectivity index (χ1) is 16.1. The Labute approximate surface area is 200 Å². The number of carbonyl (C=O) groups is 1. The summed E-state index contributed by atoms with van der Waals surface area (Å²) in [5.74, 6) is 2.12. The van der Waals surface area contributed by atoms with E-state index in [1.807, 2.05) is 77.5 Å². The van der Waals surface area contributed by atoms with Crippen LogP contribution in [0.2, 0.25) is 0 Å². The van der Waals surface area contributed by atoms with Gasteiger partial charge in [-0.05, 0) is 48.2 Å². The van der Waals surface area contributed by atoms with Gasteiger partial charge in [0.15, 0.2) is 11.0 Å². The number of nitrogens with one attached hydrogen (secondary N) is 1. The highest BCUT2D eigenvalue weighted by atomic mass is 32.2. The highest BCUT2D eigenvalue weighted by Crippen LogP contribution is 2.35. The Hall–Kier alpha value is -3.30. The fourth-order valence-electron chi connectivity index (χ4n) is 3.23. The van der Waals surface area contributed by atoms with Gasteiger partial charge in [-0.2, -0.15) is 0 Å². The molecule has 9 heteroatoms. The first-order valence-corrected chi connectivity index (χ1v) is 12.1. The molecule has 0 saturated carbocycles. The van der Waals surface area contributed by atoms with Gasteiger partial charge in [0, 0.05) is 6.54 Å². The Morgan fingerprint density at radius 3 is 2.55 bits per heavy atom. The van der Waals surface area contributed by atoms with E-state index in [-0.39, 0.29) is 11.2 Å². The zero-order valence-corrected chi connectivity index (χ0v) is 20.2. The summed E-state index contributed by atoms with van der Waals surface area (Å²) < 4.78 is 12.7. The van der Waals surface area contributed by atoms with Crippen LogP contribution in [-0.4, -0.2) is 40.1 Å². The van der Waals surface area contributed by atoms with Crippen LogP contribution in [0.4, 0.5) is 0 Å². The molecule has 0 unspecified atom stereocenters. The van der Waals surface area contributed by atoms with E-state index in [9.17, 15) is 4.79 Å². The van der Waals surface area contributed by atoms with Crippen molar-refractivity contribution in [3.8, 4) is 27.9 Å². The molecule has 2 aromatic carbocycles. The lowest BCUT2D eigenvalue weighted by molar-refractivity contribution is -0.120. The van der Waals surface area contributed by atoms with E-state index < -0.39 is 0 Å². The minimum atomic E-state index is -0.378. The molecule has 0 radical (unpaired) electrons. The van der Waals surface area contributed by atoms with E-state index in [0.29, 0.717) is 23.3 Å². The molecular weight excluding hydrogens is 456 g/mol. The van der Waals surface area contributed by atoms with E-state index in [1.165, 1.54) is 11.8 Å². The monoisotopic (exact) mass is 480 g/mol. The van der Waals surface area contributed by atoms with Crippen molar-refractivity contribution in [2.45, 2.75) is 23.9 Å². The van der Waals surface area contributed by atoms with Crippen molar-refractivity contribution in [3.63, 3.8) is 0 Å². The molecule has 0 aliphatic heterocycles. The molecule has 33 heavy (non-hydrogen) atoms. The predicted molar refractivity (Wildman–Crippen MR) is 131 cm³/mol. The summed E-state index contributed by atoms with van der Waals surface area (Å²) in [4.78, 5) is 13.8. The Morgan fingerprint density at radius 1 is 1.06 bits per heavy atom. The van der Waals surface area contributed by atoms with Crippen molar-refractivity contribution in [3.05, 3.63) is 71.6 Å². The first kappa shape index (κ1) is 22.9. The second-order valence-corrected chi connectivity index (χ2v) is 9.37. The number of ether oxygens (including phenoxy) is 2. The van der Waals surface area contributed by atoms with Crippen molar-refractivity contribution < 1.29 is 14.3 Å². The van der Waals surface area contributed by atoms with Crippen LogP contribution in [0.5, 0.6) is 11.5 Å². The number of nitrogens with zero attached hydrogens (tertiary/aromatic N) is 3. The number of methoxy groups -OCH3 is 2. The van der Waals surface area contributed by atoms with E-state index in [0.717, 1.165) is 21.9 Å². The number of para-hydroxylation sites is 2. The standard InChI is InChI=1S/C24H24N4O3S2/c1-16(23(29)25-15-17-10-12-18(30-2)13-11-17)33-24-27-26-22(21-9-6-14-32-21)28(24)19-7-4-5-8-20(19)31-3/h4-14,16H,15H2,1-3H3,(H,25,29)/t16-/m1/s1. The van der Waals surface area contributed by atoms with Gasteiger partial charge in [-0.25, -0.2) is 0 Å². The Balaban J connectivity index is 1.55. The molecule has 0 bridgehead atoms. The molecule has 1 amide bonds. The van der Waals surface area contributed by atoms with Crippen LogP contribution in [0.3, 0.4) is 0 Å². The Bertz CT molecular complexity index is 1210. The van der Waals surface area contributed by atoms with Crippen LogP contribution in [0.1, 0.15) is 12.5 Å². The maximum Gasteiger partial charge on any atom is 0.233 e. The Kier molecular flexibility index (Phi) is 7.31. The third-order valence-corrected chi connectivity index (χ3v) is 6.89. The van der Waals surface area contributed by atoms with E-state index in [1.54, 1.807) is 25.6 Å². The van der Waals surface area contributed by atoms with Crippen molar-refractivity contribution in [1.29, 1.82) is 0 Å². The normalized spacial score (nSPS) is 11.7. The number of thioether (sulfide) groups is 1. The summed E-state index contributed by atoms with van der Waals surface area (Å²) in [7, 11) is 3.26. The summed E-state index contributed by atoms with van der Waals surface area (Å²) in [6, 6.07) is 19.3. The molecule has 2 heterocycles. The number of amides is 1. The van der Waals surface area contributed by atoms with Gasteiger partial charge in [-0.1, -0.05) is 42.1 Å². The lowest BCUT2D eigenvalue weighted by atomic mass is 10.2. The second kappa shape index (κ2) is 10.5. The van der Waals surface area contributed by atoms with Crippen molar-refractivity contribution in [2.75, 3.05) is 14.2 Å². The summed E-state index contributed by atoms with van der Waals surface area (Å²) in [6.07, 6.45) is 0. The van der Waals surface area contributed by atoms with Crippen LogP contribution in [0.25, 0.3) is 16.4 Å². The quantitative estimate of drug-likeness (QED) is 0.347. The van der Waals surface area contributed by atoms with Gasteiger partial charge in [0.1, 0.15) is 11.5 Å². The number of thiophene rings is 1. The molecule has 4 aromatic rings. The molecule has 0 saturated heterocycles. The summed E-state index contributed by atoms with van der Waals surface area (Å²) >= 11 is 2.94. The van der Waals surface area contributed by atoms with Gasteiger partial charge >= 0.3 is 0 Å². The van der Waals surface area contributed by atoms with Gasteiger partial charge in [-0.3, -0.25) is 9.36 Å². The fourth-order valence-corrected chi connectivity index (χ4v) is 4.81. The zero-order chi connectivity index (χ0) is 23.2. The van der Waals surface area contributed by atoms with E-state index in [2.05, 4.69) is 15.5 Å². The number of benzene rings is 2. The molecule has 7 nitrogen and oxygen atoms in total.